The molecule has 16 heavy (non-hydrogen) atoms. The fraction of sp³-hybridized carbons (Fsp3) is 0.500. The maximum Gasteiger partial charge on any atom is 0.276 e. The first kappa shape index (κ1) is 10.7. The van der Waals surface area contributed by atoms with Crippen LogP contribution in [0.4, 0.5) is 0 Å². The van der Waals surface area contributed by atoms with Gasteiger partial charge in [-0.3, -0.25) is 4.79 Å². The molecule has 4 nitrogen and oxygen atoms in total. The van der Waals surface area contributed by atoms with Gasteiger partial charge in [-0.15, -0.1) is 6.42 Å². The Hall–Kier alpha value is -1.76. The molecule has 2 rings (SSSR count). The summed E-state index contributed by atoms with van der Waals surface area (Å²) in [6.07, 6.45) is 7.63. The standard InChI is InChI=1S/C12H14N2O2/c1-3-6-14(8-10-4-5-10)12(15)11-7-9(2)16-13-11/h1,7,10H,4-6,8H2,2H3. The maximum atomic E-state index is 12.0. The average molecular weight is 218 g/mol. The van der Waals surface area contributed by atoms with E-state index < -0.39 is 0 Å². The molecule has 0 atom stereocenters. The molecule has 1 saturated carbocycles. The number of aromatic nitrogens is 1. The van der Waals surface area contributed by atoms with Crippen LogP contribution in [0.2, 0.25) is 0 Å². The van der Waals surface area contributed by atoms with Gasteiger partial charge in [0, 0.05) is 12.6 Å². The van der Waals surface area contributed by atoms with Gasteiger partial charge in [0.25, 0.3) is 5.91 Å². The van der Waals surface area contributed by atoms with Crippen LogP contribution in [0.5, 0.6) is 0 Å². The van der Waals surface area contributed by atoms with E-state index in [-0.39, 0.29) is 5.91 Å². The van der Waals surface area contributed by atoms with Crippen molar-refractivity contribution in [2.75, 3.05) is 13.1 Å². The topological polar surface area (TPSA) is 46.3 Å². The molecule has 0 aliphatic heterocycles. The quantitative estimate of drug-likeness (QED) is 0.719. The largest absolute Gasteiger partial charge is 0.361 e. The van der Waals surface area contributed by atoms with Crippen molar-refractivity contribution in [2.45, 2.75) is 19.8 Å². The zero-order valence-electron chi connectivity index (χ0n) is 9.27. The van der Waals surface area contributed by atoms with Crippen molar-refractivity contribution in [3.05, 3.63) is 17.5 Å². The molecule has 0 unspecified atom stereocenters. The molecule has 0 saturated heterocycles. The molecule has 1 aliphatic carbocycles. The first-order valence-corrected chi connectivity index (χ1v) is 5.36. The summed E-state index contributed by atoms with van der Waals surface area (Å²) in [5.41, 5.74) is 0.341. The molecule has 0 spiro atoms. The zero-order chi connectivity index (χ0) is 11.5. The number of carbonyl (C=O) groups is 1. The SMILES string of the molecule is C#CCN(CC1CC1)C(=O)c1cc(C)on1. The highest BCUT2D eigenvalue weighted by Gasteiger charge is 2.27. The van der Waals surface area contributed by atoms with Crippen molar-refractivity contribution in [3.8, 4) is 12.3 Å². The minimum absolute atomic E-state index is 0.137. The number of aryl methyl sites for hydroxylation is 1. The van der Waals surface area contributed by atoms with Crippen LogP contribution in [0.15, 0.2) is 10.6 Å². The molecule has 0 N–H and O–H groups in total. The van der Waals surface area contributed by atoms with Gasteiger partial charge in [-0.05, 0) is 25.7 Å². The van der Waals surface area contributed by atoms with Crippen LogP contribution in [-0.2, 0) is 0 Å². The molecule has 1 aromatic rings. The third kappa shape index (κ3) is 2.43. The van der Waals surface area contributed by atoms with Gasteiger partial charge in [-0.2, -0.15) is 0 Å². The zero-order valence-corrected chi connectivity index (χ0v) is 9.27. The van der Waals surface area contributed by atoms with E-state index in [0.29, 0.717) is 23.9 Å². The maximum absolute atomic E-state index is 12.0. The van der Waals surface area contributed by atoms with Crippen molar-refractivity contribution in [2.24, 2.45) is 5.92 Å². The van der Waals surface area contributed by atoms with Crippen LogP contribution in [0.3, 0.4) is 0 Å². The van der Waals surface area contributed by atoms with Crippen molar-refractivity contribution in [3.63, 3.8) is 0 Å². The first-order chi connectivity index (χ1) is 7.70. The van der Waals surface area contributed by atoms with Gasteiger partial charge in [-0.1, -0.05) is 11.1 Å². The lowest BCUT2D eigenvalue weighted by atomic mass is 10.3. The summed E-state index contributed by atoms with van der Waals surface area (Å²) in [5.74, 6) is 3.62. The lowest BCUT2D eigenvalue weighted by Crippen LogP contribution is -2.33. The summed E-state index contributed by atoms with van der Waals surface area (Å²) >= 11 is 0. The van der Waals surface area contributed by atoms with Crippen molar-refractivity contribution >= 4 is 5.91 Å². The van der Waals surface area contributed by atoms with Crippen LogP contribution >= 0.6 is 0 Å². The lowest BCUT2D eigenvalue weighted by molar-refractivity contribution is 0.0759. The smallest absolute Gasteiger partial charge is 0.276 e. The molecule has 0 aromatic carbocycles. The van der Waals surface area contributed by atoms with Gasteiger partial charge < -0.3 is 9.42 Å². The summed E-state index contributed by atoms with van der Waals surface area (Å²) in [6, 6.07) is 1.64. The molecule has 1 heterocycles. The second-order valence-electron chi connectivity index (χ2n) is 4.16. The Bertz CT molecular complexity index is 426. The molecule has 1 fully saturated rings. The van der Waals surface area contributed by atoms with Gasteiger partial charge in [0.2, 0.25) is 0 Å². The Kier molecular flexibility index (Phi) is 2.95. The van der Waals surface area contributed by atoms with Crippen LogP contribution < -0.4 is 0 Å². The van der Waals surface area contributed by atoms with Crippen LogP contribution in [0.25, 0.3) is 0 Å². The monoisotopic (exact) mass is 218 g/mol. The molecule has 0 bridgehead atoms. The average Bonchev–Trinajstić information content (AvgIpc) is 2.97. The Morgan fingerprint density at radius 2 is 2.50 bits per heavy atom. The van der Waals surface area contributed by atoms with Crippen molar-refractivity contribution in [1.29, 1.82) is 0 Å². The highest BCUT2D eigenvalue weighted by molar-refractivity contribution is 5.92. The van der Waals surface area contributed by atoms with Gasteiger partial charge in [0.05, 0.1) is 6.54 Å². The summed E-state index contributed by atoms with van der Waals surface area (Å²) in [6.45, 7) is 2.83. The number of hydrogen-bond acceptors (Lipinski definition) is 3. The molecule has 84 valence electrons. The number of nitrogens with zero attached hydrogens (tertiary/aromatic N) is 2. The Morgan fingerprint density at radius 1 is 1.75 bits per heavy atom. The molecule has 1 aliphatic rings. The van der Waals surface area contributed by atoms with Gasteiger partial charge in [0.1, 0.15) is 5.76 Å². The molecule has 1 amide bonds. The van der Waals surface area contributed by atoms with E-state index in [1.54, 1.807) is 17.9 Å². The molecule has 1 aromatic heterocycles. The van der Waals surface area contributed by atoms with E-state index >= 15 is 0 Å². The third-order valence-electron chi connectivity index (χ3n) is 2.59. The summed E-state index contributed by atoms with van der Waals surface area (Å²) in [5, 5.41) is 3.71. The number of hydrogen-bond donors (Lipinski definition) is 0. The number of rotatable bonds is 4. The minimum atomic E-state index is -0.137. The van der Waals surface area contributed by atoms with E-state index in [4.69, 9.17) is 10.9 Å². The first-order valence-electron chi connectivity index (χ1n) is 5.36. The Morgan fingerprint density at radius 3 is 3.00 bits per heavy atom. The van der Waals surface area contributed by atoms with E-state index in [0.717, 1.165) is 6.54 Å². The molecular weight excluding hydrogens is 204 g/mol. The molecular formula is C12H14N2O2. The van der Waals surface area contributed by atoms with E-state index in [1.807, 2.05) is 0 Å². The fourth-order valence-corrected chi connectivity index (χ4v) is 1.57. The third-order valence-corrected chi connectivity index (χ3v) is 2.59. The second kappa shape index (κ2) is 4.40. The highest BCUT2D eigenvalue weighted by Crippen LogP contribution is 2.30. The van der Waals surface area contributed by atoms with Crippen LogP contribution in [0.1, 0.15) is 29.1 Å². The van der Waals surface area contributed by atoms with E-state index in [2.05, 4.69) is 11.1 Å². The van der Waals surface area contributed by atoms with Crippen molar-refractivity contribution < 1.29 is 9.32 Å². The summed E-state index contributed by atoms with van der Waals surface area (Å²) in [7, 11) is 0. The number of amides is 1. The predicted octanol–water partition coefficient (Wildman–Crippen LogP) is 1.47. The lowest BCUT2D eigenvalue weighted by Gasteiger charge is -2.18. The Labute approximate surface area is 94.6 Å². The molecule has 0 radical (unpaired) electrons. The minimum Gasteiger partial charge on any atom is -0.361 e. The van der Waals surface area contributed by atoms with E-state index in [1.165, 1.54) is 12.8 Å². The number of carbonyl (C=O) groups excluding carboxylic acids is 1. The second-order valence-corrected chi connectivity index (χ2v) is 4.16. The van der Waals surface area contributed by atoms with Gasteiger partial charge in [0.15, 0.2) is 5.69 Å². The van der Waals surface area contributed by atoms with Crippen LogP contribution in [0, 0.1) is 25.2 Å². The molecule has 4 heteroatoms. The summed E-state index contributed by atoms with van der Waals surface area (Å²) in [4.78, 5) is 13.7. The normalized spacial score (nSPS) is 14.5. The van der Waals surface area contributed by atoms with Gasteiger partial charge in [-0.25, -0.2) is 0 Å². The Balaban J connectivity index is 2.06. The fourth-order valence-electron chi connectivity index (χ4n) is 1.57. The highest BCUT2D eigenvalue weighted by atomic mass is 16.5. The number of terminal acetylenes is 1. The van der Waals surface area contributed by atoms with Crippen LogP contribution in [-0.4, -0.2) is 29.1 Å². The van der Waals surface area contributed by atoms with Gasteiger partial charge >= 0.3 is 0 Å². The van der Waals surface area contributed by atoms with E-state index in [9.17, 15) is 4.79 Å². The predicted molar refractivity (Wildman–Crippen MR) is 58.7 cm³/mol. The van der Waals surface area contributed by atoms with Crippen molar-refractivity contribution in [1.82, 2.24) is 10.1 Å². The summed E-state index contributed by atoms with van der Waals surface area (Å²) < 4.78 is 4.89.